The van der Waals surface area contributed by atoms with Gasteiger partial charge in [-0.2, -0.15) is 0 Å². The molecule has 2 aromatic rings. The number of carbonyl (C=O) groups is 1. The number of anilines is 1. The molecule has 2 N–H and O–H groups in total. The fraction of sp³-hybridized carbons (Fsp3) is 0.600. The normalized spacial score (nSPS) is 18.4. The van der Waals surface area contributed by atoms with Gasteiger partial charge in [-0.15, -0.1) is 0 Å². The van der Waals surface area contributed by atoms with Crippen LogP contribution in [0.3, 0.4) is 0 Å². The predicted molar refractivity (Wildman–Crippen MR) is 149 cm³/mol. The fourth-order valence-corrected chi connectivity index (χ4v) is 5.77. The second-order valence-corrected chi connectivity index (χ2v) is 11.1. The monoisotopic (exact) mass is 526 g/mol. The van der Waals surface area contributed by atoms with Gasteiger partial charge in [0.25, 0.3) is 0 Å². The van der Waals surface area contributed by atoms with Crippen LogP contribution in [0.15, 0.2) is 24.3 Å². The van der Waals surface area contributed by atoms with Crippen LogP contribution >= 0.6 is 0 Å². The summed E-state index contributed by atoms with van der Waals surface area (Å²) in [7, 11) is 3.52. The summed E-state index contributed by atoms with van der Waals surface area (Å²) in [5, 5.41) is 13.6. The molecule has 0 aliphatic carbocycles. The van der Waals surface area contributed by atoms with Crippen LogP contribution in [-0.4, -0.2) is 72.2 Å². The zero-order chi connectivity index (χ0) is 27.2. The zero-order valence-corrected chi connectivity index (χ0v) is 23.3. The summed E-state index contributed by atoms with van der Waals surface area (Å²) in [4.78, 5) is 21.5. The number of likely N-dealkylation sites (N-methyl/N-ethyl adjacent to an activating group) is 1. The topological polar surface area (TPSA) is 77.9 Å². The maximum atomic E-state index is 14.8. The number of ether oxygens (including phenoxy) is 1. The number of carboxylic acid groups (broad SMARTS) is 1. The van der Waals surface area contributed by atoms with Gasteiger partial charge in [-0.25, -0.2) is 9.37 Å². The zero-order valence-electron chi connectivity index (χ0n) is 23.3. The molecule has 208 valence electrons. The minimum atomic E-state index is -0.974. The van der Waals surface area contributed by atoms with Crippen molar-refractivity contribution in [2.45, 2.75) is 76.8 Å². The van der Waals surface area contributed by atoms with Gasteiger partial charge in [-0.05, 0) is 87.4 Å². The molecule has 0 amide bonds. The fourth-order valence-electron chi connectivity index (χ4n) is 5.77. The number of hydrogen-bond donors (Lipinski definition) is 2. The van der Waals surface area contributed by atoms with Gasteiger partial charge in [0, 0.05) is 36.9 Å². The Morgan fingerprint density at radius 1 is 1.29 bits per heavy atom. The summed E-state index contributed by atoms with van der Waals surface area (Å²) in [5.74, 6) is -0.300. The summed E-state index contributed by atoms with van der Waals surface area (Å²) in [6, 6.07) is 6.98. The third kappa shape index (κ3) is 6.64. The highest BCUT2D eigenvalue weighted by molar-refractivity contribution is 5.77. The van der Waals surface area contributed by atoms with Crippen molar-refractivity contribution in [2.24, 2.45) is 0 Å². The lowest BCUT2D eigenvalue weighted by molar-refractivity contribution is -0.143. The largest absolute Gasteiger partial charge is 0.493 e. The number of rotatable bonds is 12. The molecule has 0 bridgehead atoms. The van der Waals surface area contributed by atoms with Gasteiger partial charge in [0.15, 0.2) is 11.6 Å². The van der Waals surface area contributed by atoms with Crippen LogP contribution in [-0.2, 0) is 17.6 Å². The lowest BCUT2D eigenvalue weighted by Gasteiger charge is -2.29. The molecule has 2 aliphatic heterocycles. The highest BCUT2D eigenvalue weighted by atomic mass is 19.1. The van der Waals surface area contributed by atoms with Crippen LogP contribution < -0.4 is 10.1 Å². The molecule has 7 nitrogen and oxygen atoms in total. The second kappa shape index (κ2) is 12.9. The summed E-state index contributed by atoms with van der Waals surface area (Å²) in [5.41, 5.74) is 3.66. The molecular formula is C30H43FN4O3. The van der Waals surface area contributed by atoms with Crippen molar-refractivity contribution >= 4 is 11.8 Å². The lowest BCUT2D eigenvalue weighted by Crippen LogP contribution is -2.38. The Morgan fingerprint density at radius 2 is 2.11 bits per heavy atom. The van der Waals surface area contributed by atoms with E-state index >= 15 is 0 Å². The Morgan fingerprint density at radius 3 is 2.84 bits per heavy atom. The van der Waals surface area contributed by atoms with E-state index in [1.54, 1.807) is 6.07 Å². The number of aliphatic carboxylic acids is 1. The molecule has 4 rings (SSSR count). The number of aryl methyl sites for hydroxylation is 2. The first kappa shape index (κ1) is 28.3. The first-order chi connectivity index (χ1) is 18.3. The lowest BCUT2D eigenvalue weighted by atomic mass is 9.95. The number of hydrogen-bond acceptors (Lipinski definition) is 6. The SMILES string of the molecule is COc1c(F)cc(C(C)C)cc1[C@H](C(=O)O)N1CC[C@H](N(C)CCCCCc2ccc3c(n2)NCCC3)C1. The van der Waals surface area contributed by atoms with E-state index in [-0.39, 0.29) is 17.7 Å². The minimum Gasteiger partial charge on any atom is -0.493 e. The van der Waals surface area contributed by atoms with Crippen LogP contribution in [0.4, 0.5) is 10.2 Å². The number of halogens is 1. The van der Waals surface area contributed by atoms with E-state index in [2.05, 4.69) is 29.4 Å². The van der Waals surface area contributed by atoms with Crippen molar-refractivity contribution in [1.82, 2.24) is 14.8 Å². The number of nitrogens with one attached hydrogen (secondary N) is 1. The highest BCUT2D eigenvalue weighted by Crippen LogP contribution is 2.37. The van der Waals surface area contributed by atoms with Gasteiger partial charge < -0.3 is 20.1 Å². The van der Waals surface area contributed by atoms with Crippen molar-refractivity contribution in [3.05, 3.63) is 52.5 Å². The van der Waals surface area contributed by atoms with E-state index in [4.69, 9.17) is 9.72 Å². The molecule has 3 heterocycles. The predicted octanol–water partition coefficient (Wildman–Crippen LogP) is 5.26. The number of benzene rings is 1. The third-order valence-electron chi connectivity index (χ3n) is 8.07. The Bertz CT molecular complexity index is 1110. The molecule has 0 saturated carbocycles. The van der Waals surface area contributed by atoms with E-state index in [9.17, 15) is 14.3 Å². The van der Waals surface area contributed by atoms with E-state index < -0.39 is 17.8 Å². The Balaban J connectivity index is 1.29. The minimum absolute atomic E-state index is 0.0304. The molecule has 38 heavy (non-hydrogen) atoms. The first-order valence-electron chi connectivity index (χ1n) is 14.1. The summed E-state index contributed by atoms with van der Waals surface area (Å²) >= 11 is 0. The maximum Gasteiger partial charge on any atom is 0.325 e. The van der Waals surface area contributed by atoms with E-state index in [1.165, 1.54) is 25.2 Å². The summed E-state index contributed by atoms with van der Waals surface area (Å²) in [6.07, 6.45) is 7.50. The van der Waals surface area contributed by atoms with Gasteiger partial charge in [0.05, 0.1) is 7.11 Å². The van der Waals surface area contributed by atoms with E-state index in [0.29, 0.717) is 18.7 Å². The van der Waals surface area contributed by atoms with Gasteiger partial charge in [0.1, 0.15) is 11.9 Å². The quantitative estimate of drug-likeness (QED) is 0.366. The highest BCUT2D eigenvalue weighted by Gasteiger charge is 2.37. The number of carboxylic acids is 1. The van der Waals surface area contributed by atoms with Gasteiger partial charge >= 0.3 is 5.97 Å². The average Bonchev–Trinajstić information content (AvgIpc) is 3.37. The molecule has 0 radical (unpaired) electrons. The molecular weight excluding hydrogens is 483 g/mol. The number of pyridine rings is 1. The first-order valence-corrected chi connectivity index (χ1v) is 14.1. The Kier molecular flexibility index (Phi) is 9.60. The average molecular weight is 527 g/mol. The van der Waals surface area contributed by atoms with Gasteiger partial charge in [0.2, 0.25) is 0 Å². The molecule has 0 spiro atoms. The molecule has 1 fully saturated rings. The van der Waals surface area contributed by atoms with E-state index in [1.807, 2.05) is 18.7 Å². The van der Waals surface area contributed by atoms with Crippen molar-refractivity contribution in [2.75, 3.05) is 45.7 Å². The molecule has 1 saturated heterocycles. The van der Waals surface area contributed by atoms with Crippen LogP contribution in [0, 0.1) is 5.82 Å². The standard InChI is InChI=1S/C30H43FN4O3/c1-20(2)22-17-25(28(38-4)26(31)18-22)27(30(36)37)35-16-13-24(19-35)34(3)15-7-5-6-10-23-12-11-21-9-8-14-32-29(21)33-23/h11-12,17-18,20,24,27H,5-10,13-16,19H2,1-4H3,(H,32,33)(H,36,37)/t24-,27+/m0/s1. The van der Waals surface area contributed by atoms with Crippen molar-refractivity contribution in [1.29, 1.82) is 0 Å². The molecule has 0 unspecified atom stereocenters. The van der Waals surface area contributed by atoms with Gasteiger partial charge in [-0.3, -0.25) is 9.69 Å². The molecule has 1 aromatic heterocycles. The smallest absolute Gasteiger partial charge is 0.325 e. The number of fused-ring (bicyclic) bond motifs is 1. The van der Waals surface area contributed by atoms with Crippen molar-refractivity contribution in [3.8, 4) is 5.75 Å². The van der Waals surface area contributed by atoms with Crippen LogP contribution in [0.2, 0.25) is 0 Å². The Hall–Kier alpha value is -2.71. The van der Waals surface area contributed by atoms with Crippen LogP contribution in [0.25, 0.3) is 0 Å². The van der Waals surface area contributed by atoms with Crippen LogP contribution in [0.5, 0.6) is 5.75 Å². The molecule has 1 aromatic carbocycles. The van der Waals surface area contributed by atoms with Crippen LogP contribution in [0.1, 0.15) is 80.3 Å². The molecule has 8 heteroatoms. The van der Waals surface area contributed by atoms with Gasteiger partial charge in [-0.1, -0.05) is 26.3 Å². The summed E-state index contributed by atoms with van der Waals surface area (Å²) in [6.45, 7) is 7.22. The second-order valence-electron chi connectivity index (χ2n) is 11.1. The number of aromatic nitrogens is 1. The molecule has 2 aliphatic rings. The van der Waals surface area contributed by atoms with Crippen molar-refractivity contribution < 1.29 is 19.0 Å². The number of methoxy groups -OCH3 is 1. The van der Waals surface area contributed by atoms with Crippen molar-refractivity contribution in [3.63, 3.8) is 0 Å². The summed E-state index contributed by atoms with van der Waals surface area (Å²) < 4.78 is 20.1. The number of nitrogens with zero attached hydrogens (tertiary/aromatic N) is 3. The van der Waals surface area contributed by atoms with E-state index in [0.717, 1.165) is 68.7 Å². The number of unbranched alkanes of at least 4 members (excludes halogenated alkanes) is 2. The Labute approximate surface area is 226 Å². The third-order valence-corrected chi connectivity index (χ3v) is 8.07. The molecule has 2 atom stereocenters. The maximum absolute atomic E-state index is 14.8. The number of likely N-dealkylation sites (tertiary alicyclic amines) is 1.